The Hall–Kier alpha value is -0.890. The highest BCUT2D eigenvalue weighted by Crippen LogP contribution is 2.20. The quantitative estimate of drug-likeness (QED) is 0.640. The van der Waals surface area contributed by atoms with Gasteiger partial charge in [0.25, 0.3) is 0 Å². The average Bonchev–Trinajstić information content (AvgIpc) is 2.33. The summed E-state index contributed by atoms with van der Waals surface area (Å²) in [4.78, 5) is 0. The highest BCUT2D eigenvalue weighted by Gasteiger charge is 1.98. The monoisotopic (exact) mass is 236 g/mol. The Morgan fingerprint density at radius 2 is 2.06 bits per heavy atom. The third kappa shape index (κ3) is 4.75. The van der Waals surface area contributed by atoms with Crippen molar-refractivity contribution in [3.63, 3.8) is 0 Å². The molecule has 16 heavy (non-hydrogen) atoms. The molecule has 0 fully saturated rings. The van der Waals surface area contributed by atoms with E-state index in [-0.39, 0.29) is 0 Å². The first-order valence-electron chi connectivity index (χ1n) is 5.79. The molecule has 0 aliphatic rings. The van der Waals surface area contributed by atoms with Crippen molar-refractivity contribution in [3.05, 3.63) is 35.2 Å². The Morgan fingerprint density at radius 3 is 2.81 bits per heavy atom. The highest BCUT2D eigenvalue weighted by molar-refractivity contribution is 8.01. The summed E-state index contributed by atoms with van der Waals surface area (Å²) in [6.07, 6.45) is 7.76. The SMILES string of the molecule is CCCCCOc1ccccc1C=CSC. The van der Waals surface area contributed by atoms with Crippen molar-refractivity contribution in [3.8, 4) is 5.75 Å². The van der Waals surface area contributed by atoms with Crippen LogP contribution in [0.15, 0.2) is 29.7 Å². The molecule has 0 saturated carbocycles. The van der Waals surface area contributed by atoms with Crippen LogP contribution in [0, 0.1) is 0 Å². The van der Waals surface area contributed by atoms with E-state index in [4.69, 9.17) is 4.74 Å². The first-order valence-corrected chi connectivity index (χ1v) is 7.08. The number of benzene rings is 1. The molecule has 0 heterocycles. The molecule has 0 bridgehead atoms. The molecule has 0 aromatic heterocycles. The Labute approximate surface area is 103 Å². The maximum absolute atomic E-state index is 5.78. The molecule has 0 radical (unpaired) electrons. The molecule has 0 N–H and O–H groups in total. The third-order valence-corrected chi connectivity index (χ3v) is 2.72. The molecule has 0 unspecified atom stereocenters. The van der Waals surface area contributed by atoms with Gasteiger partial charge < -0.3 is 4.74 Å². The molecule has 0 aliphatic heterocycles. The van der Waals surface area contributed by atoms with Crippen LogP contribution in [-0.4, -0.2) is 12.9 Å². The molecule has 0 saturated heterocycles. The fourth-order valence-corrected chi connectivity index (χ4v) is 1.71. The van der Waals surface area contributed by atoms with Crippen LogP contribution in [0.2, 0.25) is 0 Å². The van der Waals surface area contributed by atoms with Crippen LogP contribution in [0.5, 0.6) is 5.75 Å². The summed E-state index contributed by atoms with van der Waals surface area (Å²) in [6.45, 7) is 3.02. The van der Waals surface area contributed by atoms with E-state index in [2.05, 4.69) is 30.7 Å². The minimum Gasteiger partial charge on any atom is -0.493 e. The second-order valence-corrected chi connectivity index (χ2v) is 4.38. The minimum atomic E-state index is 0.817. The van der Waals surface area contributed by atoms with Crippen LogP contribution in [0.3, 0.4) is 0 Å². The Bertz CT molecular complexity index is 320. The van der Waals surface area contributed by atoms with Gasteiger partial charge in [-0.2, -0.15) is 0 Å². The number of rotatable bonds is 7. The van der Waals surface area contributed by atoms with E-state index >= 15 is 0 Å². The number of thioether (sulfide) groups is 1. The zero-order valence-corrected chi connectivity index (χ0v) is 10.9. The van der Waals surface area contributed by atoms with E-state index in [1.54, 1.807) is 11.8 Å². The molecule has 0 aliphatic carbocycles. The van der Waals surface area contributed by atoms with Crippen LogP contribution >= 0.6 is 11.8 Å². The largest absolute Gasteiger partial charge is 0.493 e. The van der Waals surface area contributed by atoms with Gasteiger partial charge in [-0.3, -0.25) is 0 Å². The van der Waals surface area contributed by atoms with E-state index in [0.717, 1.165) is 24.3 Å². The predicted octanol–water partition coefficient (Wildman–Crippen LogP) is 4.59. The van der Waals surface area contributed by atoms with Crippen LogP contribution in [0.4, 0.5) is 0 Å². The smallest absolute Gasteiger partial charge is 0.126 e. The molecular formula is C14H20OS. The second-order valence-electron chi connectivity index (χ2n) is 3.63. The summed E-state index contributed by atoms with van der Waals surface area (Å²) in [5.41, 5.74) is 1.16. The van der Waals surface area contributed by atoms with Gasteiger partial charge in [-0.1, -0.05) is 38.0 Å². The van der Waals surface area contributed by atoms with Gasteiger partial charge >= 0.3 is 0 Å². The van der Waals surface area contributed by atoms with E-state index in [1.165, 1.54) is 12.8 Å². The van der Waals surface area contributed by atoms with Gasteiger partial charge in [-0.05, 0) is 30.2 Å². The number of para-hydroxylation sites is 1. The van der Waals surface area contributed by atoms with Crippen molar-refractivity contribution in [1.82, 2.24) is 0 Å². The summed E-state index contributed by atoms with van der Waals surface area (Å²) in [5.74, 6) is 0.990. The van der Waals surface area contributed by atoms with Crippen molar-refractivity contribution >= 4 is 17.8 Å². The maximum atomic E-state index is 5.78. The Morgan fingerprint density at radius 1 is 1.25 bits per heavy atom. The molecule has 1 rings (SSSR count). The Balaban J connectivity index is 2.53. The van der Waals surface area contributed by atoms with Crippen molar-refractivity contribution < 1.29 is 4.74 Å². The fraction of sp³-hybridized carbons (Fsp3) is 0.429. The van der Waals surface area contributed by atoms with Crippen LogP contribution in [0.25, 0.3) is 6.08 Å². The summed E-state index contributed by atoms with van der Waals surface area (Å²) in [7, 11) is 0. The predicted molar refractivity (Wildman–Crippen MR) is 74.0 cm³/mol. The fourth-order valence-electron chi connectivity index (χ4n) is 1.43. The van der Waals surface area contributed by atoms with Crippen molar-refractivity contribution in [2.24, 2.45) is 0 Å². The lowest BCUT2D eigenvalue weighted by Gasteiger charge is -2.08. The van der Waals surface area contributed by atoms with Gasteiger partial charge in [0.15, 0.2) is 0 Å². The van der Waals surface area contributed by atoms with Gasteiger partial charge in [0.05, 0.1) is 6.61 Å². The topological polar surface area (TPSA) is 9.23 Å². The molecule has 1 aromatic carbocycles. The standard InChI is InChI=1S/C14H20OS/c1-3-4-7-11-15-14-9-6-5-8-13(14)10-12-16-2/h5-6,8-10,12H,3-4,7,11H2,1-2H3. The minimum absolute atomic E-state index is 0.817. The lowest BCUT2D eigenvalue weighted by atomic mass is 10.2. The van der Waals surface area contributed by atoms with Gasteiger partial charge in [0.2, 0.25) is 0 Å². The number of hydrogen-bond donors (Lipinski definition) is 0. The maximum Gasteiger partial charge on any atom is 0.126 e. The average molecular weight is 236 g/mol. The first-order chi connectivity index (χ1) is 7.88. The van der Waals surface area contributed by atoms with Crippen molar-refractivity contribution in [1.29, 1.82) is 0 Å². The van der Waals surface area contributed by atoms with Crippen LogP contribution < -0.4 is 4.74 Å². The van der Waals surface area contributed by atoms with Gasteiger partial charge in [0, 0.05) is 5.56 Å². The van der Waals surface area contributed by atoms with Gasteiger partial charge in [0.1, 0.15) is 5.75 Å². The first kappa shape index (κ1) is 13.2. The highest BCUT2D eigenvalue weighted by atomic mass is 32.2. The molecule has 88 valence electrons. The molecular weight excluding hydrogens is 216 g/mol. The summed E-state index contributed by atoms with van der Waals surface area (Å²) in [5, 5.41) is 2.08. The third-order valence-electron chi connectivity index (χ3n) is 2.31. The molecule has 0 atom stereocenters. The van der Waals surface area contributed by atoms with Gasteiger partial charge in [-0.25, -0.2) is 0 Å². The molecule has 2 heteroatoms. The summed E-state index contributed by atoms with van der Waals surface area (Å²) >= 11 is 1.70. The van der Waals surface area contributed by atoms with E-state index in [0.29, 0.717) is 0 Å². The molecule has 0 amide bonds. The van der Waals surface area contributed by atoms with Crippen LogP contribution in [0.1, 0.15) is 31.7 Å². The molecule has 1 nitrogen and oxygen atoms in total. The van der Waals surface area contributed by atoms with E-state index < -0.39 is 0 Å². The molecule has 0 spiro atoms. The summed E-state index contributed by atoms with van der Waals surface area (Å²) in [6, 6.07) is 8.18. The lowest BCUT2D eigenvalue weighted by molar-refractivity contribution is 0.305. The van der Waals surface area contributed by atoms with Gasteiger partial charge in [-0.15, -0.1) is 11.8 Å². The van der Waals surface area contributed by atoms with Crippen LogP contribution in [-0.2, 0) is 0 Å². The van der Waals surface area contributed by atoms with Crippen molar-refractivity contribution in [2.75, 3.05) is 12.9 Å². The number of hydrogen-bond acceptors (Lipinski definition) is 2. The van der Waals surface area contributed by atoms with Crippen molar-refractivity contribution in [2.45, 2.75) is 26.2 Å². The lowest BCUT2D eigenvalue weighted by Crippen LogP contribution is -1.98. The van der Waals surface area contributed by atoms with E-state index in [9.17, 15) is 0 Å². The zero-order valence-electron chi connectivity index (χ0n) is 10.1. The Kier molecular flexibility index (Phi) is 6.82. The normalized spacial score (nSPS) is 10.9. The zero-order chi connectivity index (χ0) is 11.6. The summed E-state index contributed by atoms with van der Waals surface area (Å²) < 4.78 is 5.78. The number of ether oxygens (including phenoxy) is 1. The second kappa shape index (κ2) is 8.28. The molecule has 1 aromatic rings. The number of unbranched alkanes of at least 4 members (excludes halogenated alkanes) is 2. The van der Waals surface area contributed by atoms with E-state index in [1.807, 2.05) is 18.2 Å².